The first kappa shape index (κ1) is 41.7. The van der Waals surface area contributed by atoms with E-state index in [1.807, 2.05) is 55.5 Å². The number of aromatic nitrogens is 2. The number of H-pyrrole nitrogens is 1. The van der Waals surface area contributed by atoms with Gasteiger partial charge in [0, 0.05) is 27.3 Å². The van der Waals surface area contributed by atoms with Gasteiger partial charge < -0.3 is 49.7 Å². The van der Waals surface area contributed by atoms with E-state index in [0.29, 0.717) is 31.8 Å². The van der Waals surface area contributed by atoms with Crippen molar-refractivity contribution >= 4 is 29.9 Å². The van der Waals surface area contributed by atoms with E-state index in [0.717, 1.165) is 40.8 Å². The van der Waals surface area contributed by atoms with Gasteiger partial charge in [0.15, 0.2) is 0 Å². The molecule has 0 bridgehead atoms. The monoisotopic (exact) mass is 775 g/mol. The zero-order valence-electron chi connectivity index (χ0n) is 33.0. The summed E-state index contributed by atoms with van der Waals surface area (Å²) in [5.74, 6) is -0.258. The maximum Gasteiger partial charge on any atom is 0.407 e. The Balaban J connectivity index is 1.20. The number of nitrogens with one attached hydrogen (secondary N) is 4. The SMILES string of the molecule is COC(=O)N[C@H](C(=O)N1CCC[C@H]1C(=O)N[C@H](C)c1ccc(-c2ccc(-c3cnc([C@@H]4CCCN4C(=O)[C@@H](NC(=O)OC)[C@@H](C)OC)[nH]3)cc2)cc1)[C@@H](C)OC. The van der Waals surface area contributed by atoms with Crippen molar-refractivity contribution in [3.8, 4) is 22.4 Å². The Morgan fingerprint density at radius 2 is 1.20 bits per heavy atom. The molecule has 7 atom stereocenters. The van der Waals surface area contributed by atoms with E-state index in [1.54, 1.807) is 24.9 Å². The molecule has 16 heteroatoms. The second kappa shape index (κ2) is 18.9. The molecule has 56 heavy (non-hydrogen) atoms. The second-order valence-corrected chi connectivity index (χ2v) is 14.1. The topological polar surface area (TPSA) is 194 Å². The van der Waals surface area contributed by atoms with Crippen LogP contribution in [0.1, 0.15) is 69.9 Å². The van der Waals surface area contributed by atoms with Crippen LogP contribution < -0.4 is 16.0 Å². The molecule has 16 nitrogen and oxygen atoms in total. The fraction of sp³-hybridized carbons (Fsp3) is 0.500. The zero-order chi connectivity index (χ0) is 40.5. The van der Waals surface area contributed by atoms with Crippen LogP contribution in [-0.4, -0.2) is 122 Å². The van der Waals surface area contributed by atoms with Gasteiger partial charge in [-0.2, -0.15) is 0 Å². The molecule has 5 rings (SSSR count). The van der Waals surface area contributed by atoms with E-state index >= 15 is 0 Å². The number of ether oxygens (including phenoxy) is 4. The van der Waals surface area contributed by atoms with Gasteiger partial charge in [-0.15, -0.1) is 0 Å². The van der Waals surface area contributed by atoms with Crippen molar-refractivity contribution in [1.82, 2.24) is 35.7 Å². The molecule has 4 N–H and O–H groups in total. The number of aromatic amines is 1. The van der Waals surface area contributed by atoms with E-state index in [4.69, 9.17) is 18.9 Å². The largest absolute Gasteiger partial charge is 0.453 e. The molecular formula is C40H53N7O9. The number of carbonyl (C=O) groups is 5. The number of alkyl carbamates (subject to hydrolysis) is 2. The van der Waals surface area contributed by atoms with Crippen LogP contribution in [0, 0.1) is 0 Å². The fourth-order valence-corrected chi connectivity index (χ4v) is 7.23. The van der Waals surface area contributed by atoms with Gasteiger partial charge in [0.1, 0.15) is 23.9 Å². The van der Waals surface area contributed by atoms with E-state index in [1.165, 1.54) is 33.3 Å². The molecule has 0 unspecified atom stereocenters. The Morgan fingerprint density at radius 3 is 1.75 bits per heavy atom. The van der Waals surface area contributed by atoms with E-state index in [2.05, 4.69) is 25.9 Å². The minimum atomic E-state index is -1.00. The summed E-state index contributed by atoms with van der Waals surface area (Å²) in [5, 5.41) is 8.21. The van der Waals surface area contributed by atoms with Crippen LogP contribution in [0.5, 0.6) is 0 Å². The maximum atomic E-state index is 13.6. The fourth-order valence-electron chi connectivity index (χ4n) is 7.23. The highest BCUT2D eigenvalue weighted by Gasteiger charge is 2.41. The number of hydrogen-bond donors (Lipinski definition) is 4. The summed E-state index contributed by atoms with van der Waals surface area (Å²) < 4.78 is 20.1. The first-order valence-corrected chi connectivity index (χ1v) is 18.8. The summed E-state index contributed by atoms with van der Waals surface area (Å²) in [6.07, 6.45) is 1.80. The van der Waals surface area contributed by atoms with Gasteiger partial charge in [0.25, 0.3) is 0 Å². The molecule has 5 amide bonds. The third-order valence-electron chi connectivity index (χ3n) is 10.7. The van der Waals surface area contributed by atoms with E-state index in [9.17, 15) is 24.0 Å². The van der Waals surface area contributed by atoms with Crippen molar-refractivity contribution in [3.05, 3.63) is 66.1 Å². The van der Waals surface area contributed by atoms with Crippen LogP contribution in [0.25, 0.3) is 22.4 Å². The highest BCUT2D eigenvalue weighted by molar-refractivity contribution is 5.92. The lowest BCUT2D eigenvalue weighted by Gasteiger charge is -2.31. The molecule has 2 aromatic carbocycles. The number of imidazole rings is 1. The van der Waals surface area contributed by atoms with Crippen molar-refractivity contribution < 1.29 is 42.9 Å². The highest BCUT2D eigenvalue weighted by atomic mass is 16.5. The third kappa shape index (κ3) is 9.48. The minimum absolute atomic E-state index is 0.262. The quantitative estimate of drug-likeness (QED) is 0.185. The number of methoxy groups -OCH3 is 4. The summed E-state index contributed by atoms with van der Waals surface area (Å²) in [7, 11) is 5.40. The lowest BCUT2D eigenvalue weighted by Crippen LogP contribution is -2.57. The smallest absolute Gasteiger partial charge is 0.407 e. The van der Waals surface area contributed by atoms with E-state index in [-0.39, 0.29) is 23.9 Å². The summed E-state index contributed by atoms with van der Waals surface area (Å²) in [4.78, 5) is 75.7. The molecule has 302 valence electrons. The van der Waals surface area contributed by atoms with Crippen molar-refractivity contribution in [3.63, 3.8) is 0 Å². The Morgan fingerprint density at radius 1 is 0.696 bits per heavy atom. The van der Waals surface area contributed by atoms with Crippen LogP contribution in [0.4, 0.5) is 9.59 Å². The Labute approximate surface area is 327 Å². The molecule has 2 aliphatic rings. The van der Waals surface area contributed by atoms with Crippen LogP contribution in [0.3, 0.4) is 0 Å². The van der Waals surface area contributed by atoms with Crippen molar-refractivity contribution in [2.45, 2.75) is 88.9 Å². The van der Waals surface area contributed by atoms with Crippen LogP contribution in [0.2, 0.25) is 0 Å². The molecule has 2 fully saturated rings. The summed E-state index contributed by atoms with van der Waals surface area (Å²) in [5.41, 5.74) is 4.64. The maximum absolute atomic E-state index is 13.6. The molecule has 3 aromatic rings. The second-order valence-electron chi connectivity index (χ2n) is 14.1. The zero-order valence-corrected chi connectivity index (χ0v) is 33.0. The number of likely N-dealkylation sites (tertiary alicyclic amines) is 2. The first-order chi connectivity index (χ1) is 26.9. The summed E-state index contributed by atoms with van der Waals surface area (Å²) in [6, 6.07) is 12.8. The number of hydrogen-bond acceptors (Lipinski definition) is 10. The number of amides is 5. The van der Waals surface area contributed by atoms with Crippen LogP contribution in [-0.2, 0) is 33.3 Å². The average Bonchev–Trinajstić information content (AvgIpc) is 4.02. The molecule has 2 saturated heterocycles. The molecule has 2 aliphatic heterocycles. The van der Waals surface area contributed by atoms with Crippen molar-refractivity contribution in [1.29, 1.82) is 0 Å². The van der Waals surface area contributed by atoms with Gasteiger partial charge in [-0.25, -0.2) is 14.6 Å². The lowest BCUT2D eigenvalue weighted by molar-refractivity contribution is -0.142. The summed E-state index contributed by atoms with van der Waals surface area (Å²) in [6.45, 7) is 6.21. The molecule has 3 heterocycles. The van der Waals surface area contributed by atoms with Crippen LogP contribution >= 0.6 is 0 Å². The van der Waals surface area contributed by atoms with Gasteiger partial charge >= 0.3 is 12.2 Å². The van der Waals surface area contributed by atoms with Gasteiger partial charge in [0.2, 0.25) is 17.7 Å². The van der Waals surface area contributed by atoms with Gasteiger partial charge in [-0.05, 0) is 68.7 Å². The number of rotatable bonds is 14. The average molecular weight is 776 g/mol. The Kier molecular flexibility index (Phi) is 14.1. The standard InChI is InChI=1S/C40H53N7O9/c1-23(42-36(48)32-11-9-21-47(32)38(50)34(25(3)54-5)45-40(52)56-7)26-12-14-27(15-13-26)28-16-18-29(19-17-28)30-22-41-35(43-30)31-10-8-20-46(31)37(49)33(24(2)53-4)44-39(51)55-6/h12-19,22-25,31-34H,8-11,20-21H2,1-7H3,(H,41,43)(H,42,48)(H,44,51)(H,45,52)/t23-,24-,25-,31+,32+,33+,34+/m1/s1. The van der Waals surface area contributed by atoms with Crippen molar-refractivity contribution in [2.75, 3.05) is 41.5 Å². The molecular weight excluding hydrogens is 722 g/mol. The van der Waals surface area contributed by atoms with Gasteiger partial charge in [0.05, 0.1) is 50.4 Å². The predicted octanol–water partition coefficient (Wildman–Crippen LogP) is 4.09. The minimum Gasteiger partial charge on any atom is -0.453 e. The Hall–Kier alpha value is -5.48. The highest BCUT2D eigenvalue weighted by Crippen LogP contribution is 2.33. The van der Waals surface area contributed by atoms with Crippen LogP contribution in [0.15, 0.2) is 54.7 Å². The molecule has 0 aliphatic carbocycles. The molecule has 0 saturated carbocycles. The Bertz CT molecular complexity index is 1830. The number of carbonyl (C=O) groups excluding carboxylic acids is 5. The number of nitrogens with zero attached hydrogens (tertiary/aromatic N) is 3. The third-order valence-corrected chi connectivity index (χ3v) is 10.7. The number of benzene rings is 2. The molecule has 1 aromatic heterocycles. The normalized spacial score (nSPS) is 19.3. The van der Waals surface area contributed by atoms with Gasteiger partial charge in [-0.3, -0.25) is 14.4 Å². The molecule has 0 spiro atoms. The lowest BCUT2D eigenvalue weighted by atomic mass is 9.99. The first-order valence-electron chi connectivity index (χ1n) is 18.8. The van der Waals surface area contributed by atoms with Gasteiger partial charge in [-0.1, -0.05) is 48.5 Å². The summed E-state index contributed by atoms with van der Waals surface area (Å²) >= 11 is 0. The van der Waals surface area contributed by atoms with E-state index < -0.39 is 48.4 Å². The predicted molar refractivity (Wildman–Crippen MR) is 206 cm³/mol. The van der Waals surface area contributed by atoms with Crippen molar-refractivity contribution in [2.24, 2.45) is 0 Å². The molecule has 0 radical (unpaired) electrons.